The first kappa shape index (κ1) is 15.0. The van der Waals surface area contributed by atoms with E-state index in [1.54, 1.807) is 0 Å². The molecular formula is C16H24N2O2. The summed E-state index contributed by atoms with van der Waals surface area (Å²) >= 11 is 0. The minimum Gasteiger partial charge on any atom is -0.375 e. The molecule has 1 aliphatic heterocycles. The van der Waals surface area contributed by atoms with Crippen LogP contribution in [0.15, 0.2) is 24.3 Å². The summed E-state index contributed by atoms with van der Waals surface area (Å²) in [7, 11) is 0. The summed E-state index contributed by atoms with van der Waals surface area (Å²) < 4.78 is 5.56. The van der Waals surface area contributed by atoms with Gasteiger partial charge in [0.2, 0.25) is 5.91 Å². The van der Waals surface area contributed by atoms with Gasteiger partial charge in [-0.1, -0.05) is 36.8 Å². The van der Waals surface area contributed by atoms with Crippen LogP contribution in [-0.2, 0) is 9.53 Å². The summed E-state index contributed by atoms with van der Waals surface area (Å²) in [6.07, 6.45) is 1.31. The number of aryl methyl sites for hydroxylation is 1. The Bertz CT molecular complexity index is 425. The Balaban J connectivity index is 1.88. The maximum Gasteiger partial charge on any atom is 0.223 e. The lowest BCUT2D eigenvalue weighted by molar-refractivity contribution is -0.125. The lowest BCUT2D eigenvalue weighted by atomic mass is 10.0. The number of nitrogens with one attached hydrogen (secondary N) is 2. The van der Waals surface area contributed by atoms with Gasteiger partial charge in [0.25, 0.3) is 0 Å². The van der Waals surface area contributed by atoms with Gasteiger partial charge in [-0.3, -0.25) is 4.79 Å². The largest absolute Gasteiger partial charge is 0.375 e. The average Bonchev–Trinajstić information content (AvgIpc) is 2.47. The summed E-state index contributed by atoms with van der Waals surface area (Å²) in [5.41, 5.74) is 2.39. The fraction of sp³-hybridized carbons (Fsp3) is 0.562. The maximum absolute atomic E-state index is 12.1. The highest BCUT2D eigenvalue weighted by molar-refractivity contribution is 5.77. The van der Waals surface area contributed by atoms with Gasteiger partial charge in [0, 0.05) is 13.1 Å². The smallest absolute Gasteiger partial charge is 0.223 e. The molecule has 2 N–H and O–H groups in total. The van der Waals surface area contributed by atoms with E-state index in [0.717, 1.165) is 25.1 Å². The van der Waals surface area contributed by atoms with E-state index in [9.17, 15) is 4.79 Å². The maximum atomic E-state index is 12.1. The molecule has 0 spiro atoms. The van der Waals surface area contributed by atoms with Gasteiger partial charge in [-0.2, -0.15) is 0 Å². The Hall–Kier alpha value is -1.39. The van der Waals surface area contributed by atoms with E-state index in [1.807, 2.05) is 0 Å². The number of amides is 1. The van der Waals surface area contributed by atoms with E-state index in [2.05, 4.69) is 48.7 Å². The normalized spacial score (nSPS) is 20.4. The fourth-order valence-electron chi connectivity index (χ4n) is 2.43. The number of ether oxygens (including phenoxy) is 1. The molecule has 1 saturated heterocycles. The number of benzene rings is 1. The van der Waals surface area contributed by atoms with Gasteiger partial charge in [0.15, 0.2) is 0 Å². The Morgan fingerprint density at radius 2 is 2.20 bits per heavy atom. The van der Waals surface area contributed by atoms with Crippen LogP contribution >= 0.6 is 0 Å². The fourth-order valence-corrected chi connectivity index (χ4v) is 2.43. The second-order valence-corrected chi connectivity index (χ2v) is 5.34. The highest BCUT2D eigenvalue weighted by Gasteiger charge is 2.19. The molecule has 1 heterocycles. The predicted octanol–water partition coefficient (Wildman–Crippen LogP) is 1.94. The first-order valence-corrected chi connectivity index (χ1v) is 7.37. The van der Waals surface area contributed by atoms with Crippen molar-refractivity contribution in [1.82, 2.24) is 10.6 Å². The van der Waals surface area contributed by atoms with E-state index < -0.39 is 0 Å². The van der Waals surface area contributed by atoms with E-state index in [4.69, 9.17) is 4.74 Å². The van der Waals surface area contributed by atoms with Crippen LogP contribution in [0, 0.1) is 6.92 Å². The van der Waals surface area contributed by atoms with Crippen molar-refractivity contribution in [3.8, 4) is 0 Å². The zero-order valence-electron chi connectivity index (χ0n) is 12.3. The van der Waals surface area contributed by atoms with Crippen molar-refractivity contribution in [2.75, 3.05) is 19.7 Å². The van der Waals surface area contributed by atoms with Crippen molar-refractivity contribution in [2.45, 2.75) is 38.8 Å². The molecule has 1 fully saturated rings. The molecular weight excluding hydrogens is 252 g/mol. The van der Waals surface area contributed by atoms with Crippen molar-refractivity contribution in [1.29, 1.82) is 0 Å². The van der Waals surface area contributed by atoms with Gasteiger partial charge in [-0.25, -0.2) is 0 Å². The van der Waals surface area contributed by atoms with Crippen molar-refractivity contribution in [2.24, 2.45) is 0 Å². The number of rotatable bonds is 5. The second kappa shape index (κ2) is 7.41. The standard InChI is InChI=1S/C16H24N2O2/c1-3-15(13-6-4-12(2)5-7-13)18-16(19)10-14-11-17-8-9-20-14/h4-7,14-15,17H,3,8-11H2,1-2H3,(H,18,19). The van der Waals surface area contributed by atoms with Gasteiger partial charge < -0.3 is 15.4 Å². The van der Waals surface area contributed by atoms with Crippen LogP contribution in [0.3, 0.4) is 0 Å². The summed E-state index contributed by atoms with van der Waals surface area (Å²) in [4.78, 5) is 12.1. The molecule has 0 bridgehead atoms. The Morgan fingerprint density at radius 1 is 1.45 bits per heavy atom. The van der Waals surface area contributed by atoms with Gasteiger partial charge in [0.05, 0.1) is 25.2 Å². The molecule has 1 aromatic rings. The Morgan fingerprint density at radius 3 is 2.80 bits per heavy atom. The average molecular weight is 276 g/mol. The van der Waals surface area contributed by atoms with Crippen LogP contribution in [0.25, 0.3) is 0 Å². The van der Waals surface area contributed by atoms with Crippen LogP contribution in [0.4, 0.5) is 0 Å². The zero-order chi connectivity index (χ0) is 14.4. The van der Waals surface area contributed by atoms with E-state index in [-0.39, 0.29) is 18.1 Å². The molecule has 1 aromatic carbocycles. The predicted molar refractivity (Wildman–Crippen MR) is 79.6 cm³/mol. The van der Waals surface area contributed by atoms with Crippen LogP contribution in [0.2, 0.25) is 0 Å². The third kappa shape index (κ3) is 4.32. The van der Waals surface area contributed by atoms with Crippen molar-refractivity contribution >= 4 is 5.91 Å². The van der Waals surface area contributed by atoms with Crippen molar-refractivity contribution in [3.05, 3.63) is 35.4 Å². The first-order valence-electron chi connectivity index (χ1n) is 7.37. The third-order valence-corrected chi connectivity index (χ3v) is 3.64. The third-order valence-electron chi connectivity index (χ3n) is 3.64. The van der Waals surface area contributed by atoms with E-state index >= 15 is 0 Å². The molecule has 20 heavy (non-hydrogen) atoms. The quantitative estimate of drug-likeness (QED) is 0.864. The molecule has 2 unspecified atom stereocenters. The minimum absolute atomic E-state index is 0.000672. The van der Waals surface area contributed by atoms with Crippen LogP contribution in [-0.4, -0.2) is 31.7 Å². The SMILES string of the molecule is CCC(NC(=O)CC1CNCCO1)c1ccc(C)cc1. The van der Waals surface area contributed by atoms with Crippen molar-refractivity contribution in [3.63, 3.8) is 0 Å². The molecule has 110 valence electrons. The van der Waals surface area contributed by atoms with Gasteiger partial charge in [-0.15, -0.1) is 0 Å². The lowest BCUT2D eigenvalue weighted by Gasteiger charge is -2.24. The monoisotopic (exact) mass is 276 g/mol. The summed E-state index contributed by atoms with van der Waals surface area (Å²) in [6.45, 7) is 6.47. The van der Waals surface area contributed by atoms with Crippen LogP contribution in [0.1, 0.15) is 36.9 Å². The van der Waals surface area contributed by atoms with Crippen LogP contribution in [0.5, 0.6) is 0 Å². The molecule has 0 aliphatic carbocycles. The molecule has 2 atom stereocenters. The molecule has 1 aliphatic rings. The lowest BCUT2D eigenvalue weighted by Crippen LogP contribution is -2.41. The number of hydrogen-bond acceptors (Lipinski definition) is 3. The molecule has 2 rings (SSSR count). The molecule has 0 radical (unpaired) electrons. The summed E-state index contributed by atoms with van der Waals surface area (Å²) in [5, 5.41) is 6.34. The van der Waals surface area contributed by atoms with Gasteiger partial charge in [0.1, 0.15) is 0 Å². The first-order chi connectivity index (χ1) is 9.69. The number of hydrogen-bond donors (Lipinski definition) is 2. The molecule has 0 aromatic heterocycles. The van der Waals surface area contributed by atoms with Gasteiger partial charge >= 0.3 is 0 Å². The molecule has 1 amide bonds. The highest BCUT2D eigenvalue weighted by Crippen LogP contribution is 2.17. The molecule has 0 saturated carbocycles. The molecule has 4 nitrogen and oxygen atoms in total. The Kier molecular flexibility index (Phi) is 5.56. The van der Waals surface area contributed by atoms with E-state index in [0.29, 0.717) is 13.0 Å². The zero-order valence-corrected chi connectivity index (χ0v) is 12.3. The molecule has 4 heteroatoms. The number of carbonyl (C=O) groups is 1. The summed E-state index contributed by atoms with van der Waals surface area (Å²) in [6, 6.07) is 8.42. The topological polar surface area (TPSA) is 50.4 Å². The van der Waals surface area contributed by atoms with Crippen molar-refractivity contribution < 1.29 is 9.53 Å². The Labute approximate surface area is 120 Å². The second-order valence-electron chi connectivity index (χ2n) is 5.34. The van der Waals surface area contributed by atoms with Gasteiger partial charge in [-0.05, 0) is 18.9 Å². The highest BCUT2D eigenvalue weighted by atomic mass is 16.5. The summed E-state index contributed by atoms with van der Waals surface area (Å²) in [5.74, 6) is 0.0612. The van der Waals surface area contributed by atoms with Crippen LogP contribution < -0.4 is 10.6 Å². The van der Waals surface area contributed by atoms with E-state index in [1.165, 1.54) is 5.56 Å². The minimum atomic E-state index is -0.000672. The number of carbonyl (C=O) groups excluding carboxylic acids is 1. The number of morpholine rings is 1.